The molecular weight excluding hydrogens is 399 g/mol. The van der Waals surface area contributed by atoms with Gasteiger partial charge in [-0.05, 0) is 42.5 Å². The predicted molar refractivity (Wildman–Crippen MR) is 109 cm³/mol. The van der Waals surface area contributed by atoms with Crippen LogP contribution in [0.1, 0.15) is 33.6 Å². The van der Waals surface area contributed by atoms with Crippen LogP contribution in [-0.4, -0.2) is 53.6 Å². The number of hydrogen-bond donors (Lipinski definition) is 0. The van der Waals surface area contributed by atoms with Gasteiger partial charge in [0.15, 0.2) is 5.78 Å². The Bertz CT molecular complexity index is 875. The minimum absolute atomic E-state index is 0.0721. The first kappa shape index (κ1) is 20.4. The quantitative estimate of drug-likeness (QED) is 0.690. The highest BCUT2D eigenvalue weighted by molar-refractivity contribution is 6.31. The molecule has 0 saturated carbocycles. The van der Waals surface area contributed by atoms with Crippen LogP contribution in [0.2, 0.25) is 10.0 Å². The second-order valence-electron chi connectivity index (χ2n) is 6.61. The van der Waals surface area contributed by atoms with Crippen LogP contribution in [0, 0.1) is 0 Å². The van der Waals surface area contributed by atoms with Gasteiger partial charge in [0.1, 0.15) is 0 Å². The SMILES string of the molecule is O=C(CCC(=O)N1CCN(C(=O)c2cccc(Cl)c2)CC1)c1ccc(Cl)cc1. The Kier molecular flexibility index (Phi) is 6.70. The van der Waals surface area contributed by atoms with Gasteiger partial charge in [-0.3, -0.25) is 14.4 Å². The zero-order valence-corrected chi connectivity index (χ0v) is 16.7. The lowest BCUT2D eigenvalue weighted by Crippen LogP contribution is -2.50. The molecule has 2 aromatic carbocycles. The molecule has 0 spiro atoms. The average molecular weight is 419 g/mol. The summed E-state index contributed by atoms with van der Waals surface area (Å²) >= 11 is 11.8. The lowest BCUT2D eigenvalue weighted by atomic mass is 10.1. The van der Waals surface area contributed by atoms with Crippen molar-refractivity contribution in [1.82, 2.24) is 9.80 Å². The van der Waals surface area contributed by atoms with Crippen molar-refractivity contribution >= 4 is 40.8 Å². The van der Waals surface area contributed by atoms with Gasteiger partial charge in [-0.1, -0.05) is 29.3 Å². The number of amides is 2. The van der Waals surface area contributed by atoms with Crippen molar-refractivity contribution in [2.24, 2.45) is 0 Å². The van der Waals surface area contributed by atoms with E-state index in [9.17, 15) is 14.4 Å². The molecule has 0 radical (unpaired) electrons. The first-order valence-electron chi connectivity index (χ1n) is 9.05. The molecule has 3 rings (SSSR count). The van der Waals surface area contributed by atoms with Crippen molar-refractivity contribution in [2.75, 3.05) is 26.2 Å². The topological polar surface area (TPSA) is 57.7 Å². The molecule has 7 heteroatoms. The van der Waals surface area contributed by atoms with Gasteiger partial charge in [0.05, 0.1) is 0 Å². The number of benzene rings is 2. The molecule has 0 aliphatic carbocycles. The molecule has 28 heavy (non-hydrogen) atoms. The zero-order chi connectivity index (χ0) is 20.1. The van der Waals surface area contributed by atoms with E-state index >= 15 is 0 Å². The van der Waals surface area contributed by atoms with Crippen LogP contribution in [0.15, 0.2) is 48.5 Å². The van der Waals surface area contributed by atoms with E-state index in [0.29, 0.717) is 47.4 Å². The number of carbonyl (C=O) groups is 3. The molecule has 0 atom stereocenters. The summed E-state index contributed by atoms with van der Waals surface area (Å²) in [6, 6.07) is 13.5. The Morgan fingerprint density at radius 3 is 2.04 bits per heavy atom. The van der Waals surface area contributed by atoms with Crippen LogP contribution in [0.4, 0.5) is 0 Å². The number of Topliss-reactive ketones (excluding diaryl/α,β-unsaturated/α-hetero) is 1. The summed E-state index contributed by atoms with van der Waals surface area (Å²) in [5.74, 6) is -0.246. The average Bonchev–Trinajstić information content (AvgIpc) is 2.72. The first-order chi connectivity index (χ1) is 13.4. The van der Waals surface area contributed by atoms with Crippen LogP contribution in [0.25, 0.3) is 0 Å². The van der Waals surface area contributed by atoms with Gasteiger partial charge >= 0.3 is 0 Å². The third-order valence-corrected chi connectivity index (χ3v) is 5.21. The molecule has 5 nitrogen and oxygen atoms in total. The molecule has 1 saturated heterocycles. The minimum atomic E-state index is -0.0903. The maximum absolute atomic E-state index is 12.5. The van der Waals surface area contributed by atoms with Gasteiger partial charge in [0.25, 0.3) is 5.91 Å². The smallest absolute Gasteiger partial charge is 0.254 e. The van der Waals surface area contributed by atoms with E-state index in [1.165, 1.54) is 0 Å². The number of nitrogens with zero attached hydrogens (tertiary/aromatic N) is 2. The number of rotatable bonds is 5. The lowest BCUT2D eigenvalue weighted by Gasteiger charge is -2.35. The summed E-state index contributed by atoms with van der Waals surface area (Å²) < 4.78 is 0. The van der Waals surface area contributed by atoms with Crippen LogP contribution in [0.5, 0.6) is 0 Å². The van der Waals surface area contributed by atoms with Crippen LogP contribution in [-0.2, 0) is 4.79 Å². The molecule has 1 aliphatic heterocycles. The van der Waals surface area contributed by atoms with Crippen molar-refractivity contribution in [3.63, 3.8) is 0 Å². The molecule has 0 bridgehead atoms. The van der Waals surface area contributed by atoms with Gasteiger partial charge in [-0.2, -0.15) is 0 Å². The Morgan fingerprint density at radius 2 is 1.39 bits per heavy atom. The summed E-state index contributed by atoms with van der Waals surface area (Å²) in [6.45, 7) is 1.84. The van der Waals surface area contributed by atoms with Gasteiger partial charge in [0, 0.05) is 60.2 Å². The highest BCUT2D eigenvalue weighted by atomic mass is 35.5. The normalized spacial score (nSPS) is 14.1. The Morgan fingerprint density at radius 1 is 0.750 bits per heavy atom. The van der Waals surface area contributed by atoms with Crippen molar-refractivity contribution in [3.8, 4) is 0 Å². The van der Waals surface area contributed by atoms with Gasteiger partial charge in [0.2, 0.25) is 5.91 Å². The largest absolute Gasteiger partial charge is 0.339 e. The van der Waals surface area contributed by atoms with Crippen LogP contribution < -0.4 is 0 Å². The van der Waals surface area contributed by atoms with E-state index in [1.54, 1.807) is 58.3 Å². The fraction of sp³-hybridized carbons (Fsp3) is 0.286. The summed E-state index contributed by atoms with van der Waals surface area (Å²) in [4.78, 5) is 40.6. The highest BCUT2D eigenvalue weighted by Gasteiger charge is 2.25. The first-order valence-corrected chi connectivity index (χ1v) is 9.81. The zero-order valence-electron chi connectivity index (χ0n) is 15.2. The molecular formula is C21H20Cl2N2O3. The number of halogens is 2. The fourth-order valence-electron chi connectivity index (χ4n) is 3.12. The molecule has 2 aromatic rings. The van der Waals surface area contributed by atoms with E-state index in [-0.39, 0.29) is 30.4 Å². The third-order valence-electron chi connectivity index (χ3n) is 4.72. The molecule has 0 aromatic heterocycles. The molecule has 2 amide bonds. The molecule has 1 heterocycles. The second kappa shape index (κ2) is 9.22. The van der Waals surface area contributed by atoms with Crippen LogP contribution in [0.3, 0.4) is 0 Å². The van der Waals surface area contributed by atoms with Gasteiger partial charge in [-0.15, -0.1) is 0 Å². The Balaban J connectivity index is 1.47. The highest BCUT2D eigenvalue weighted by Crippen LogP contribution is 2.16. The van der Waals surface area contributed by atoms with Crippen molar-refractivity contribution in [1.29, 1.82) is 0 Å². The Hall–Kier alpha value is -2.37. The van der Waals surface area contributed by atoms with Gasteiger partial charge < -0.3 is 9.80 Å². The molecule has 0 N–H and O–H groups in total. The summed E-state index contributed by atoms with van der Waals surface area (Å²) in [7, 11) is 0. The van der Waals surface area contributed by atoms with Crippen molar-refractivity contribution < 1.29 is 14.4 Å². The van der Waals surface area contributed by atoms with E-state index in [0.717, 1.165) is 0 Å². The lowest BCUT2D eigenvalue weighted by molar-refractivity contribution is -0.132. The number of piperazine rings is 1. The van der Waals surface area contributed by atoms with E-state index < -0.39 is 0 Å². The fourth-order valence-corrected chi connectivity index (χ4v) is 3.44. The van der Waals surface area contributed by atoms with E-state index in [1.807, 2.05) is 0 Å². The third kappa shape index (κ3) is 5.12. The molecule has 0 unspecified atom stereocenters. The molecule has 1 fully saturated rings. The maximum atomic E-state index is 12.5. The predicted octanol–water partition coefficient (Wildman–Crippen LogP) is 3.94. The monoisotopic (exact) mass is 418 g/mol. The maximum Gasteiger partial charge on any atom is 0.254 e. The van der Waals surface area contributed by atoms with E-state index in [2.05, 4.69) is 0 Å². The summed E-state index contributed by atoms with van der Waals surface area (Å²) in [5.41, 5.74) is 1.09. The van der Waals surface area contributed by atoms with Crippen molar-refractivity contribution in [3.05, 3.63) is 69.7 Å². The van der Waals surface area contributed by atoms with Crippen LogP contribution >= 0.6 is 23.2 Å². The van der Waals surface area contributed by atoms with Gasteiger partial charge in [-0.25, -0.2) is 0 Å². The summed E-state index contributed by atoms with van der Waals surface area (Å²) in [6.07, 6.45) is 0.311. The number of carbonyl (C=O) groups excluding carboxylic acids is 3. The van der Waals surface area contributed by atoms with Crippen molar-refractivity contribution in [2.45, 2.75) is 12.8 Å². The summed E-state index contributed by atoms with van der Waals surface area (Å²) in [5, 5.41) is 1.09. The molecule has 146 valence electrons. The minimum Gasteiger partial charge on any atom is -0.339 e. The number of ketones is 1. The second-order valence-corrected chi connectivity index (χ2v) is 7.49. The van der Waals surface area contributed by atoms with E-state index in [4.69, 9.17) is 23.2 Å². The molecule has 1 aliphatic rings. The number of hydrogen-bond acceptors (Lipinski definition) is 3. The Labute approximate surface area is 173 Å². The standard InChI is InChI=1S/C21H20Cl2N2O3/c22-17-6-4-15(5-7-17)19(26)8-9-20(27)24-10-12-25(13-11-24)21(28)16-2-1-3-18(23)14-16/h1-7,14H,8-13H2.